The molecule has 3 nitrogen and oxygen atoms in total. The maximum Gasteiger partial charge on any atom is 0.224 e. The monoisotopic (exact) mass is 347 g/mol. The lowest BCUT2D eigenvalue weighted by atomic mass is 9.87. The highest BCUT2D eigenvalue weighted by Gasteiger charge is 2.13. The molecule has 1 amide bonds. The molecule has 2 aromatic carbocycles. The summed E-state index contributed by atoms with van der Waals surface area (Å²) < 4.78 is 32.1. The Morgan fingerprint density at radius 3 is 2.40 bits per heavy atom. The molecule has 0 saturated carbocycles. The average Bonchev–Trinajstić information content (AvgIpc) is 2.55. The summed E-state index contributed by atoms with van der Waals surface area (Å²) in [6.07, 6.45) is 0.639. The third-order valence-electron chi connectivity index (χ3n) is 3.74. The van der Waals surface area contributed by atoms with Crippen LogP contribution in [0.5, 0.6) is 5.75 Å². The summed E-state index contributed by atoms with van der Waals surface area (Å²) in [5.41, 5.74) is 1.16. The first-order valence-electron chi connectivity index (χ1n) is 8.24. The highest BCUT2D eigenvalue weighted by Crippen LogP contribution is 2.24. The fourth-order valence-corrected chi connectivity index (χ4v) is 2.28. The summed E-state index contributed by atoms with van der Waals surface area (Å²) in [6.45, 7) is 6.79. The van der Waals surface area contributed by atoms with Crippen LogP contribution in [0.3, 0.4) is 0 Å². The SMILES string of the molecule is CC(C)(C)c1ccc(OCCCC(=O)Nc2cc(F)ccc2F)cc1. The first-order valence-corrected chi connectivity index (χ1v) is 8.24. The minimum atomic E-state index is -0.662. The van der Waals surface area contributed by atoms with Gasteiger partial charge in [0, 0.05) is 12.5 Å². The highest BCUT2D eigenvalue weighted by atomic mass is 19.1. The Morgan fingerprint density at radius 1 is 1.08 bits per heavy atom. The van der Waals surface area contributed by atoms with Gasteiger partial charge < -0.3 is 10.1 Å². The Labute approximate surface area is 147 Å². The van der Waals surface area contributed by atoms with Crippen molar-refractivity contribution in [3.05, 3.63) is 59.7 Å². The van der Waals surface area contributed by atoms with E-state index in [-0.39, 0.29) is 23.4 Å². The summed E-state index contributed by atoms with van der Waals surface area (Å²) in [4.78, 5) is 11.8. The second kappa shape index (κ2) is 8.10. The number of benzene rings is 2. The molecule has 0 aliphatic heterocycles. The zero-order valence-electron chi connectivity index (χ0n) is 14.7. The van der Waals surface area contributed by atoms with E-state index in [1.54, 1.807) is 0 Å². The van der Waals surface area contributed by atoms with Crippen molar-refractivity contribution in [2.75, 3.05) is 11.9 Å². The van der Waals surface area contributed by atoms with E-state index < -0.39 is 11.6 Å². The standard InChI is InChI=1S/C20H23F2NO2/c1-20(2,3)14-6-9-16(10-7-14)25-12-4-5-19(24)23-18-13-15(21)8-11-17(18)22/h6-11,13H,4-5,12H2,1-3H3,(H,23,24). The minimum Gasteiger partial charge on any atom is -0.494 e. The Kier molecular flexibility index (Phi) is 6.12. The number of nitrogens with one attached hydrogen (secondary N) is 1. The number of rotatable bonds is 6. The van der Waals surface area contributed by atoms with Crippen molar-refractivity contribution in [2.45, 2.75) is 39.0 Å². The third kappa shape index (κ3) is 5.85. The molecule has 0 aliphatic rings. The summed E-state index contributed by atoms with van der Waals surface area (Å²) in [5, 5.41) is 2.36. The smallest absolute Gasteiger partial charge is 0.224 e. The van der Waals surface area contributed by atoms with E-state index in [0.717, 1.165) is 23.9 Å². The van der Waals surface area contributed by atoms with Crippen molar-refractivity contribution >= 4 is 11.6 Å². The normalized spacial score (nSPS) is 11.2. The fourth-order valence-electron chi connectivity index (χ4n) is 2.28. The largest absolute Gasteiger partial charge is 0.494 e. The maximum atomic E-state index is 13.4. The predicted molar refractivity (Wildman–Crippen MR) is 94.9 cm³/mol. The van der Waals surface area contributed by atoms with E-state index in [2.05, 4.69) is 26.1 Å². The quantitative estimate of drug-likeness (QED) is 0.742. The van der Waals surface area contributed by atoms with Crippen LogP contribution in [0.2, 0.25) is 0 Å². The van der Waals surface area contributed by atoms with Crippen molar-refractivity contribution in [1.82, 2.24) is 0 Å². The highest BCUT2D eigenvalue weighted by molar-refractivity contribution is 5.90. The van der Waals surface area contributed by atoms with Crippen LogP contribution >= 0.6 is 0 Å². The molecule has 0 heterocycles. The molecule has 0 fully saturated rings. The van der Waals surface area contributed by atoms with Gasteiger partial charge in [0.25, 0.3) is 0 Å². The van der Waals surface area contributed by atoms with Gasteiger partial charge in [0.1, 0.15) is 17.4 Å². The van der Waals surface area contributed by atoms with Crippen molar-refractivity contribution in [2.24, 2.45) is 0 Å². The summed E-state index contributed by atoms with van der Waals surface area (Å²) in [5.74, 6) is -0.899. The van der Waals surface area contributed by atoms with Gasteiger partial charge in [0.2, 0.25) is 5.91 Å². The number of hydrogen-bond donors (Lipinski definition) is 1. The fraction of sp³-hybridized carbons (Fsp3) is 0.350. The molecule has 0 aliphatic carbocycles. The average molecular weight is 347 g/mol. The molecule has 25 heavy (non-hydrogen) atoms. The second-order valence-corrected chi connectivity index (χ2v) is 6.90. The van der Waals surface area contributed by atoms with Crippen LogP contribution in [0.25, 0.3) is 0 Å². The summed E-state index contributed by atoms with van der Waals surface area (Å²) in [6, 6.07) is 10.8. The lowest BCUT2D eigenvalue weighted by Gasteiger charge is -2.19. The molecule has 0 bridgehead atoms. The van der Waals surface area contributed by atoms with Crippen molar-refractivity contribution in [3.63, 3.8) is 0 Å². The van der Waals surface area contributed by atoms with Gasteiger partial charge >= 0.3 is 0 Å². The molecule has 1 N–H and O–H groups in total. The van der Waals surface area contributed by atoms with Gasteiger partial charge in [-0.2, -0.15) is 0 Å². The molecule has 2 rings (SSSR count). The first-order chi connectivity index (χ1) is 11.8. The van der Waals surface area contributed by atoms with Gasteiger partial charge in [-0.1, -0.05) is 32.9 Å². The summed E-state index contributed by atoms with van der Waals surface area (Å²) in [7, 11) is 0. The number of halogens is 2. The number of hydrogen-bond acceptors (Lipinski definition) is 2. The lowest BCUT2D eigenvalue weighted by molar-refractivity contribution is -0.116. The molecule has 0 aromatic heterocycles. The van der Waals surface area contributed by atoms with Crippen LogP contribution in [0.4, 0.5) is 14.5 Å². The van der Waals surface area contributed by atoms with E-state index in [1.165, 1.54) is 5.56 Å². The van der Waals surface area contributed by atoms with Crippen LogP contribution in [-0.4, -0.2) is 12.5 Å². The Bertz CT molecular complexity index is 721. The van der Waals surface area contributed by atoms with Crippen LogP contribution in [-0.2, 0) is 10.2 Å². The predicted octanol–water partition coefficient (Wildman–Crippen LogP) is 5.06. The molecule has 134 valence electrons. The topological polar surface area (TPSA) is 38.3 Å². The summed E-state index contributed by atoms with van der Waals surface area (Å²) >= 11 is 0. The molecule has 0 radical (unpaired) electrons. The van der Waals surface area contributed by atoms with E-state index in [1.807, 2.05) is 24.3 Å². The molecule has 0 unspecified atom stereocenters. The number of carbonyl (C=O) groups excluding carboxylic acids is 1. The second-order valence-electron chi connectivity index (χ2n) is 6.90. The molecular weight excluding hydrogens is 324 g/mol. The van der Waals surface area contributed by atoms with Crippen LogP contribution in [0.15, 0.2) is 42.5 Å². The third-order valence-corrected chi connectivity index (χ3v) is 3.74. The minimum absolute atomic E-state index is 0.0861. The van der Waals surface area contributed by atoms with E-state index >= 15 is 0 Å². The van der Waals surface area contributed by atoms with Crippen LogP contribution in [0, 0.1) is 11.6 Å². The van der Waals surface area contributed by atoms with Crippen molar-refractivity contribution in [1.29, 1.82) is 0 Å². The molecule has 5 heteroatoms. The number of carbonyl (C=O) groups is 1. The molecule has 0 spiro atoms. The maximum absolute atomic E-state index is 13.4. The van der Waals surface area contributed by atoms with Gasteiger partial charge in [0.05, 0.1) is 12.3 Å². The Balaban J connectivity index is 1.75. The van der Waals surface area contributed by atoms with E-state index in [4.69, 9.17) is 4.74 Å². The zero-order chi connectivity index (χ0) is 18.4. The van der Waals surface area contributed by atoms with E-state index in [9.17, 15) is 13.6 Å². The van der Waals surface area contributed by atoms with Crippen molar-refractivity contribution in [3.8, 4) is 5.75 Å². The van der Waals surface area contributed by atoms with Crippen LogP contribution < -0.4 is 10.1 Å². The molecular formula is C20H23F2NO2. The molecule has 2 aromatic rings. The molecule has 0 atom stereocenters. The molecule has 0 saturated heterocycles. The number of ether oxygens (including phenoxy) is 1. The number of amides is 1. The van der Waals surface area contributed by atoms with Gasteiger partial charge in [-0.25, -0.2) is 8.78 Å². The Hall–Kier alpha value is -2.43. The van der Waals surface area contributed by atoms with Gasteiger partial charge in [-0.05, 0) is 41.7 Å². The van der Waals surface area contributed by atoms with Crippen molar-refractivity contribution < 1.29 is 18.3 Å². The van der Waals surface area contributed by atoms with Gasteiger partial charge in [-0.3, -0.25) is 4.79 Å². The van der Waals surface area contributed by atoms with Gasteiger partial charge in [-0.15, -0.1) is 0 Å². The zero-order valence-corrected chi connectivity index (χ0v) is 14.7. The van der Waals surface area contributed by atoms with Gasteiger partial charge in [0.15, 0.2) is 0 Å². The number of anilines is 1. The lowest BCUT2D eigenvalue weighted by Crippen LogP contribution is -2.14. The van der Waals surface area contributed by atoms with Crippen LogP contribution in [0.1, 0.15) is 39.2 Å². The van der Waals surface area contributed by atoms with E-state index in [0.29, 0.717) is 13.0 Å². The first kappa shape index (κ1) is 18.9. The Morgan fingerprint density at radius 2 is 1.76 bits per heavy atom.